The largest absolute Gasteiger partial charge is 0.456 e. The van der Waals surface area contributed by atoms with E-state index in [1.165, 1.54) is 4.90 Å². The number of cyclic esters (lactones) is 1. The van der Waals surface area contributed by atoms with Crippen molar-refractivity contribution >= 4 is 40.1 Å². The van der Waals surface area contributed by atoms with E-state index in [1.54, 1.807) is 28.3 Å². The summed E-state index contributed by atoms with van der Waals surface area (Å²) in [6.45, 7) is 31.5. The van der Waals surface area contributed by atoms with Crippen molar-refractivity contribution in [3.63, 3.8) is 0 Å². The molecule has 3 heterocycles. The Hall–Kier alpha value is -2.13. The second-order valence-corrected chi connectivity index (χ2v) is 34.5. The van der Waals surface area contributed by atoms with Gasteiger partial charge in [0.25, 0.3) is 11.7 Å². The van der Waals surface area contributed by atoms with E-state index in [2.05, 4.69) is 80.7 Å². The van der Waals surface area contributed by atoms with Gasteiger partial charge in [0.1, 0.15) is 24.0 Å². The molecule has 71 heavy (non-hydrogen) atoms. The fraction of sp³-hybridized carbons (Fsp3) is 0.855. The molecule has 4 aliphatic rings. The van der Waals surface area contributed by atoms with Crippen molar-refractivity contribution in [3.8, 4) is 0 Å². The highest BCUT2D eigenvalue weighted by Crippen LogP contribution is 2.44. The fourth-order valence-corrected chi connectivity index (χ4v) is 13.6. The summed E-state index contributed by atoms with van der Waals surface area (Å²) in [7, 11) is 0.131. The van der Waals surface area contributed by atoms with Crippen molar-refractivity contribution < 1.29 is 61.9 Å². The number of ketones is 2. The molecular weight excluding hydrogens is 939 g/mol. The lowest BCUT2D eigenvalue weighted by Crippen LogP contribution is -2.64. The molecule has 0 aromatic carbocycles. The molecule has 2 N–H and O–H groups in total. The Morgan fingerprint density at radius 2 is 1.38 bits per heavy atom. The molecule has 14 atom stereocenters. The predicted molar refractivity (Wildman–Crippen MR) is 282 cm³/mol. The lowest BCUT2D eigenvalue weighted by molar-refractivity contribution is -0.302. The van der Waals surface area contributed by atoms with E-state index >= 15 is 4.79 Å². The van der Waals surface area contributed by atoms with Crippen molar-refractivity contribution in [2.45, 2.75) is 238 Å². The Bertz CT molecular complexity index is 1870. The molecule has 1 aliphatic carbocycles. The molecule has 1 amide bonds. The van der Waals surface area contributed by atoms with Crippen LogP contribution in [0.2, 0.25) is 36.3 Å². The van der Waals surface area contributed by atoms with Gasteiger partial charge in [-0.15, -0.1) is 0 Å². The van der Waals surface area contributed by atoms with E-state index < -0.39 is 94.4 Å². The molecule has 0 spiro atoms. The van der Waals surface area contributed by atoms with Crippen LogP contribution < -0.4 is 0 Å². The minimum Gasteiger partial charge on any atom is -0.456 e. The van der Waals surface area contributed by atoms with E-state index in [1.807, 2.05) is 26.8 Å². The Morgan fingerprint density at radius 3 is 1.94 bits per heavy atom. The second-order valence-electron chi connectivity index (χ2n) is 25.0. The number of Topliss-reactive ketones (excluding diaryl/α,β-unsaturated/α-hetero) is 2. The van der Waals surface area contributed by atoms with Crippen LogP contribution in [0.4, 0.5) is 0 Å². The van der Waals surface area contributed by atoms with Gasteiger partial charge in [0.2, 0.25) is 5.79 Å². The maximum absolute atomic E-state index is 15.0. The van der Waals surface area contributed by atoms with Gasteiger partial charge in [-0.05, 0) is 132 Å². The Kier molecular flexibility index (Phi) is 21.8. The number of amides is 1. The number of ether oxygens (including phenoxy) is 5. The van der Waals surface area contributed by atoms with Crippen LogP contribution in [0.1, 0.15) is 147 Å². The molecular formula is C55H97NO13Si2. The number of hydrogen-bond donors (Lipinski definition) is 2. The fourth-order valence-electron chi connectivity index (χ4n) is 10.8. The van der Waals surface area contributed by atoms with E-state index in [4.69, 9.17) is 32.5 Å². The lowest BCUT2D eigenvalue weighted by atomic mass is 9.81. The van der Waals surface area contributed by atoms with Crippen LogP contribution in [0.3, 0.4) is 0 Å². The number of rotatable bonds is 11. The third-order valence-corrected chi connectivity index (χ3v) is 26.4. The number of fused-ring (bicyclic) bond motifs is 3. The van der Waals surface area contributed by atoms with Crippen LogP contribution in [-0.2, 0) is 51.7 Å². The van der Waals surface area contributed by atoms with Gasteiger partial charge < -0.3 is 47.6 Å². The third kappa shape index (κ3) is 15.1. The first kappa shape index (κ1) is 61.4. The Labute approximate surface area is 430 Å². The number of aliphatic hydroxyl groups is 2. The Balaban J connectivity index is 1.89. The van der Waals surface area contributed by atoms with Gasteiger partial charge in [-0.25, -0.2) is 4.79 Å². The van der Waals surface area contributed by atoms with Crippen LogP contribution >= 0.6 is 0 Å². The summed E-state index contributed by atoms with van der Waals surface area (Å²) in [6.07, 6.45) is 5.46. The molecule has 0 aromatic rings. The zero-order valence-electron chi connectivity index (χ0n) is 47.2. The summed E-state index contributed by atoms with van der Waals surface area (Å²) < 4.78 is 45.3. The molecule has 3 fully saturated rings. The molecule has 14 nitrogen and oxygen atoms in total. The van der Waals surface area contributed by atoms with Crippen molar-refractivity contribution in [1.82, 2.24) is 4.90 Å². The van der Waals surface area contributed by atoms with Crippen molar-refractivity contribution in [2.24, 2.45) is 29.6 Å². The van der Waals surface area contributed by atoms with Crippen molar-refractivity contribution in [3.05, 3.63) is 23.3 Å². The summed E-state index contributed by atoms with van der Waals surface area (Å²) in [4.78, 5) is 60.3. The number of carbonyl (C=O) groups is 4. The predicted octanol–water partition coefficient (Wildman–Crippen LogP) is 9.50. The summed E-state index contributed by atoms with van der Waals surface area (Å²) in [6, 6.07) is -1.13. The van der Waals surface area contributed by atoms with Gasteiger partial charge in [0, 0.05) is 58.7 Å². The van der Waals surface area contributed by atoms with Crippen LogP contribution in [0.25, 0.3) is 0 Å². The summed E-state index contributed by atoms with van der Waals surface area (Å²) in [5, 5.41) is 22.5. The minimum absolute atomic E-state index is 0.0116. The van der Waals surface area contributed by atoms with Gasteiger partial charge in [-0.3, -0.25) is 14.4 Å². The number of allylic oxidation sites excluding steroid dienone is 3. The van der Waals surface area contributed by atoms with E-state index in [9.17, 15) is 24.6 Å². The van der Waals surface area contributed by atoms with Crippen molar-refractivity contribution in [1.29, 1.82) is 0 Å². The third-order valence-electron chi connectivity index (χ3n) is 17.3. The summed E-state index contributed by atoms with van der Waals surface area (Å²) >= 11 is 0. The molecule has 2 saturated heterocycles. The maximum Gasteiger partial charge on any atom is 0.329 e. The molecule has 1 saturated carbocycles. The molecule has 4 rings (SSSR count). The van der Waals surface area contributed by atoms with E-state index in [-0.39, 0.29) is 78.7 Å². The smallest absolute Gasteiger partial charge is 0.329 e. The average molecular weight is 1040 g/mol. The highest BCUT2D eigenvalue weighted by Gasteiger charge is 2.57. The molecule has 2 bridgehead atoms. The number of methoxy groups -OCH3 is 3. The lowest BCUT2D eigenvalue weighted by Gasteiger charge is -2.47. The van der Waals surface area contributed by atoms with Gasteiger partial charge in [0.15, 0.2) is 16.6 Å². The SMILES string of the molecule is CO[C@H]1C[C@@H](C)C/C(C)=C/[C@@H](CCO)C(=O)C[C@H](O[Si](C)(C)C(C)(C)C)[C@@H](C)C(/C(C)=C/C2CC[C@@H](O[Si](C)(C)C(C)(C)C)[C@H](OC)C2)OC(=O)[C@@H]2CCCCN2C(=O)C(=O)[C@]2(O)O[C@H]1[C@@H](OC)C[C@H]2C. The van der Waals surface area contributed by atoms with Gasteiger partial charge in [-0.1, -0.05) is 80.0 Å². The standard InChI is InChI=1S/C55H97NO13Si2/c1-34-27-35(2)29-46(64-13)49-47(65-14)31-37(4)55(62,67-49)50(59)51(60)56-25-20-19-21-41(56)52(61)66-48(36(3)30-39-22-23-43(45(32-39)63-12)68-70(15,16)53(6,7)8)38(5)44(69-71(17,18)54(9,10)11)33-42(58)40(28-34)24-26-57/h28,30,35,37-41,43-49,57,62H,19-27,29,31-33H2,1-18H3/b34-28+,36-30+/t35-,37+,38+,39?,40+,41-,43+,44-,45+,46-,47-,48?,49+,55+/m0/s1. The number of piperidine rings is 1. The Morgan fingerprint density at radius 1 is 0.803 bits per heavy atom. The molecule has 2 unspecified atom stereocenters. The number of aliphatic hydroxyl groups excluding tert-OH is 1. The first-order chi connectivity index (χ1) is 32.9. The number of carbonyl (C=O) groups excluding carboxylic acids is 4. The zero-order valence-corrected chi connectivity index (χ0v) is 49.2. The quantitative estimate of drug-likeness (QED) is 0.0867. The molecule has 16 heteroatoms. The summed E-state index contributed by atoms with van der Waals surface area (Å²) in [5.74, 6) is -7.37. The topological polar surface area (TPSA) is 177 Å². The second kappa shape index (κ2) is 25.1. The number of esters is 1. The monoisotopic (exact) mass is 1040 g/mol. The first-order valence-electron chi connectivity index (χ1n) is 26.7. The number of hydrogen-bond acceptors (Lipinski definition) is 13. The van der Waals surface area contributed by atoms with Crippen LogP contribution in [0.5, 0.6) is 0 Å². The average Bonchev–Trinajstić information content (AvgIpc) is 3.28. The molecule has 0 radical (unpaired) electrons. The maximum atomic E-state index is 15.0. The summed E-state index contributed by atoms with van der Waals surface area (Å²) in [5.41, 5.74) is 1.75. The van der Waals surface area contributed by atoms with Crippen LogP contribution in [0.15, 0.2) is 23.3 Å². The van der Waals surface area contributed by atoms with Crippen molar-refractivity contribution in [2.75, 3.05) is 34.5 Å². The molecule has 408 valence electrons. The van der Waals surface area contributed by atoms with Gasteiger partial charge in [0.05, 0.1) is 30.5 Å². The minimum atomic E-state index is -2.59. The van der Waals surface area contributed by atoms with E-state index in [0.29, 0.717) is 32.1 Å². The van der Waals surface area contributed by atoms with Gasteiger partial charge >= 0.3 is 5.97 Å². The zero-order chi connectivity index (χ0) is 53.6. The van der Waals surface area contributed by atoms with Gasteiger partial charge in [-0.2, -0.15) is 0 Å². The van der Waals surface area contributed by atoms with Crippen LogP contribution in [-0.4, -0.2) is 144 Å². The molecule has 0 aromatic heterocycles. The highest BCUT2D eigenvalue weighted by atomic mass is 28.4. The molecule has 3 aliphatic heterocycles. The number of nitrogens with zero attached hydrogens (tertiary/aromatic N) is 1. The first-order valence-corrected chi connectivity index (χ1v) is 32.6. The highest BCUT2D eigenvalue weighted by molar-refractivity contribution is 6.74. The van der Waals surface area contributed by atoms with Crippen LogP contribution in [0, 0.1) is 29.6 Å². The van der Waals surface area contributed by atoms with E-state index in [0.717, 1.165) is 24.0 Å². The normalized spacial score (nSPS) is 36.3.